The van der Waals surface area contributed by atoms with E-state index in [0.29, 0.717) is 22.5 Å². The van der Waals surface area contributed by atoms with Gasteiger partial charge in [-0.25, -0.2) is 4.39 Å². The molecule has 1 saturated heterocycles. The molecule has 0 spiro atoms. The molecule has 1 heterocycles. The van der Waals surface area contributed by atoms with Crippen LogP contribution < -0.4 is 15.4 Å². The van der Waals surface area contributed by atoms with Gasteiger partial charge in [-0.05, 0) is 24.7 Å². The molecule has 1 aromatic rings. The smallest absolute Gasteiger partial charge is 0.148 e. The van der Waals surface area contributed by atoms with E-state index in [0.717, 1.165) is 25.9 Å². The van der Waals surface area contributed by atoms with E-state index in [-0.39, 0.29) is 5.82 Å². The summed E-state index contributed by atoms with van der Waals surface area (Å²) in [5.41, 5.74) is 7.00. The van der Waals surface area contributed by atoms with Gasteiger partial charge in [-0.2, -0.15) is 0 Å². The van der Waals surface area contributed by atoms with Crippen molar-refractivity contribution in [2.75, 3.05) is 30.8 Å². The van der Waals surface area contributed by atoms with Crippen molar-refractivity contribution in [3.8, 4) is 5.75 Å². The number of halogens is 1. The number of methoxy groups -OCH3 is 1. The normalized spacial score (nSPS) is 19.1. The van der Waals surface area contributed by atoms with Crippen LogP contribution in [0.2, 0.25) is 0 Å². The zero-order chi connectivity index (χ0) is 14.0. The van der Waals surface area contributed by atoms with Crippen molar-refractivity contribution >= 4 is 11.4 Å². The van der Waals surface area contributed by atoms with Crippen molar-refractivity contribution in [2.24, 2.45) is 5.41 Å². The number of hydrogen-bond donors (Lipinski definition) is 1. The Morgan fingerprint density at radius 2 is 2.00 bits per heavy atom. The van der Waals surface area contributed by atoms with Crippen LogP contribution in [0.5, 0.6) is 5.75 Å². The molecule has 0 bridgehead atoms. The highest BCUT2D eigenvalue weighted by molar-refractivity contribution is 5.63. The second kappa shape index (κ2) is 5.27. The van der Waals surface area contributed by atoms with Crippen LogP contribution >= 0.6 is 0 Å². The fraction of sp³-hybridized carbons (Fsp3) is 0.600. The number of nitrogen functional groups attached to an aromatic ring is 1. The van der Waals surface area contributed by atoms with E-state index in [4.69, 9.17) is 10.5 Å². The van der Waals surface area contributed by atoms with Crippen molar-refractivity contribution in [3.05, 3.63) is 17.9 Å². The van der Waals surface area contributed by atoms with Gasteiger partial charge in [-0.1, -0.05) is 13.8 Å². The topological polar surface area (TPSA) is 38.5 Å². The van der Waals surface area contributed by atoms with Crippen LogP contribution in [-0.4, -0.2) is 20.2 Å². The molecule has 0 saturated carbocycles. The summed E-state index contributed by atoms with van der Waals surface area (Å²) in [6.07, 6.45) is 3.33. The molecular weight excluding hydrogens is 243 g/mol. The second-order valence-electron chi connectivity index (χ2n) is 6.05. The molecule has 2 N–H and O–H groups in total. The number of anilines is 2. The Labute approximate surface area is 114 Å². The molecule has 4 heteroatoms. The molecule has 3 nitrogen and oxygen atoms in total. The maximum absolute atomic E-state index is 14.1. The molecular formula is C15H23FN2O. The van der Waals surface area contributed by atoms with Crippen LogP contribution in [0.1, 0.15) is 33.1 Å². The summed E-state index contributed by atoms with van der Waals surface area (Å²) in [6.45, 7) is 6.30. The van der Waals surface area contributed by atoms with Gasteiger partial charge in [-0.3, -0.25) is 0 Å². The highest BCUT2D eigenvalue weighted by atomic mass is 19.1. The molecule has 0 aromatic heterocycles. The average Bonchev–Trinajstić information content (AvgIpc) is 2.51. The molecule has 0 amide bonds. The Kier molecular flexibility index (Phi) is 3.88. The van der Waals surface area contributed by atoms with Gasteiger partial charge < -0.3 is 15.4 Å². The largest absolute Gasteiger partial charge is 0.495 e. The van der Waals surface area contributed by atoms with Gasteiger partial charge in [0.2, 0.25) is 0 Å². The summed E-state index contributed by atoms with van der Waals surface area (Å²) >= 11 is 0. The first-order valence-electron chi connectivity index (χ1n) is 6.81. The Morgan fingerprint density at radius 3 is 2.68 bits per heavy atom. The number of rotatable bonds is 2. The van der Waals surface area contributed by atoms with Gasteiger partial charge in [0.15, 0.2) is 0 Å². The molecule has 2 rings (SSSR count). The number of benzene rings is 1. The third kappa shape index (κ3) is 3.11. The van der Waals surface area contributed by atoms with Gasteiger partial charge in [0.1, 0.15) is 11.6 Å². The van der Waals surface area contributed by atoms with Gasteiger partial charge in [0.25, 0.3) is 0 Å². The minimum absolute atomic E-state index is 0.266. The van der Waals surface area contributed by atoms with Crippen LogP contribution in [-0.2, 0) is 0 Å². The summed E-state index contributed by atoms with van der Waals surface area (Å²) in [5, 5.41) is 0. The van der Waals surface area contributed by atoms with Crippen molar-refractivity contribution in [1.82, 2.24) is 0 Å². The lowest BCUT2D eigenvalue weighted by Crippen LogP contribution is -2.26. The predicted octanol–water partition coefficient (Wildman–Crippen LogP) is 3.43. The molecule has 1 fully saturated rings. The van der Waals surface area contributed by atoms with Crippen LogP contribution in [0.3, 0.4) is 0 Å². The lowest BCUT2D eigenvalue weighted by molar-refractivity contribution is 0.325. The summed E-state index contributed by atoms with van der Waals surface area (Å²) in [4.78, 5) is 2.10. The van der Waals surface area contributed by atoms with Crippen LogP contribution in [0.25, 0.3) is 0 Å². The van der Waals surface area contributed by atoms with Crippen molar-refractivity contribution < 1.29 is 9.13 Å². The first kappa shape index (κ1) is 14.0. The van der Waals surface area contributed by atoms with Crippen LogP contribution in [0.4, 0.5) is 15.8 Å². The lowest BCUT2D eigenvalue weighted by atomic mass is 9.85. The van der Waals surface area contributed by atoms with Crippen LogP contribution in [0, 0.1) is 11.2 Å². The fourth-order valence-corrected chi connectivity index (χ4v) is 2.64. The molecule has 1 aliphatic heterocycles. The SMILES string of the molecule is COc1cc(N2CCCC(C)(C)CC2)c(F)cc1N. The van der Waals surface area contributed by atoms with E-state index in [1.165, 1.54) is 12.5 Å². The molecule has 19 heavy (non-hydrogen) atoms. The quantitative estimate of drug-likeness (QED) is 0.833. The maximum Gasteiger partial charge on any atom is 0.148 e. The van der Waals surface area contributed by atoms with Gasteiger partial charge >= 0.3 is 0 Å². The van der Waals surface area contributed by atoms with Crippen molar-refractivity contribution in [3.63, 3.8) is 0 Å². The molecule has 1 aliphatic rings. The summed E-state index contributed by atoms with van der Waals surface area (Å²) in [6, 6.07) is 3.06. The molecule has 106 valence electrons. The molecule has 0 aliphatic carbocycles. The molecule has 0 unspecified atom stereocenters. The number of nitrogens with two attached hydrogens (primary N) is 1. The van der Waals surface area contributed by atoms with Gasteiger partial charge in [0, 0.05) is 25.2 Å². The summed E-state index contributed by atoms with van der Waals surface area (Å²) < 4.78 is 19.3. The van der Waals surface area contributed by atoms with Crippen LogP contribution in [0.15, 0.2) is 12.1 Å². The molecule has 1 aromatic carbocycles. The third-order valence-electron chi connectivity index (χ3n) is 3.98. The maximum atomic E-state index is 14.1. The first-order chi connectivity index (χ1) is 8.93. The van der Waals surface area contributed by atoms with E-state index in [2.05, 4.69) is 18.7 Å². The summed E-state index contributed by atoms with van der Waals surface area (Å²) in [5.74, 6) is 0.276. The monoisotopic (exact) mass is 266 g/mol. The zero-order valence-electron chi connectivity index (χ0n) is 12.0. The van der Waals surface area contributed by atoms with Gasteiger partial charge in [-0.15, -0.1) is 0 Å². The molecule has 0 radical (unpaired) electrons. The minimum Gasteiger partial charge on any atom is -0.495 e. The van der Waals surface area contributed by atoms with E-state index in [9.17, 15) is 4.39 Å². The lowest BCUT2D eigenvalue weighted by Gasteiger charge is -2.25. The second-order valence-corrected chi connectivity index (χ2v) is 6.05. The Balaban J connectivity index is 2.26. The van der Waals surface area contributed by atoms with E-state index in [1.807, 2.05) is 0 Å². The van der Waals surface area contributed by atoms with Gasteiger partial charge in [0.05, 0.1) is 18.5 Å². The highest BCUT2D eigenvalue weighted by Crippen LogP contribution is 2.35. The number of ether oxygens (including phenoxy) is 1. The fourth-order valence-electron chi connectivity index (χ4n) is 2.64. The highest BCUT2D eigenvalue weighted by Gasteiger charge is 2.24. The predicted molar refractivity (Wildman–Crippen MR) is 77.2 cm³/mol. The van der Waals surface area contributed by atoms with E-state index >= 15 is 0 Å². The number of hydrogen-bond acceptors (Lipinski definition) is 3. The Bertz CT molecular complexity index is 460. The zero-order valence-corrected chi connectivity index (χ0v) is 12.0. The standard InChI is InChI=1S/C15H23FN2O/c1-15(2)5-4-7-18(8-6-15)13-10-14(19-3)12(17)9-11(13)16/h9-10H,4-8,17H2,1-3H3. The molecule has 0 atom stereocenters. The first-order valence-corrected chi connectivity index (χ1v) is 6.81. The van der Waals surface area contributed by atoms with Crippen molar-refractivity contribution in [2.45, 2.75) is 33.1 Å². The van der Waals surface area contributed by atoms with E-state index < -0.39 is 0 Å². The number of nitrogens with zero attached hydrogens (tertiary/aromatic N) is 1. The van der Waals surface area contributed by atoms with Crippen molar-refractivity contribution in [1.29, 1.82) is 0 Å². The third-order valence-corrected chi connectivity index (χ3v) is 3.98. The van der Waals surface area contributed by atoms with E-state index in [1.54, 1.807) is 13.2 Å². The minimum atomic E-state index is -0.266. The average molecular weight is 266 g/mol. The Hall–Kier alpha value is -1.45. The Morgan fingerprint density at radius 1 is 1.26 bits per heavy atom. The summed E-state index contributed by atoms with van der Waals surface area (Å²) in [7, 11) is 1.55.